The molecule has 0 saturated carbocycles. The van der Waals surface area contributed by atoms with Crippen molar-refractivity contribution in [3.8, 4) is 11.3 Å². The molecule has 0 aliphatic rings. The Bertz CT molecular complexity index is 714. The van der Waals surface area contributed by atoms with Gasteiger partial charge in [0.05, 0.1) is 19.2 Å². The van der Waals surface area contributed by atoms with Crippen LogP contribution in [0, 0.1) is 0 Å². The van der Waals surface area contributed by atoms with Crippen molar-refractivity contribution >= 4 is 28.3 Å². The number of aromatic nitrogens is 1. The first-order valence-electron chi connectivity index (χ1n) is 6.31. The topological polar surface area (TPSA) is 68.3 Å². The third-order valence-corrected chi connectivity index (χ3v) is 3.73. The summed E-state index contributed by atoms with van der Waals surface area (Å²) in [5.74, 6) is -2.67. The lowest BCUT2D eigenvalue weighted by Gasteiger charge is -2.04. The van der Waals surface area contributed by atoms with Gasteiger partial charge in [-0.2, -0.15) is 13.2 Å². The first kappa shape index (κ1) is 16.9. The summed E-state index contributed by atoms with van der Waals surface area (Å²) in [5.41, 5.74) is 0.952. The number of amides is 1. The standard InChI is InChI=1S/C14H11F3N2O3S/c1-22-10(20)7-9-11(8-5-3-2-4-6-8)18-13(23-9)19-12(21)14(15,16)17/h2-6H,7H2,1H3,(H,18,19,21). The molecule has 2 rings (SSSR count). The highest BCUT2D eigenvalue weighted by molar-refractivity contribution is 7.16. The zero-order valence-corrected chi connectivity index (χ0v) is 12.6. The number of ether oxygens (including phenoxy) is 1. The number of methoxy groups -OCH3 is 1. The number of carbonyl (C=O) groups is 2. The van der Waals surface area contributed by atoms with Crippen LogP contribution >= 0.6 is 11.3 Å². The van der Waals surface area contributed by atoms with E-state index in [2.05, 4.69) is 9.72 Å². The number of hydrogen-bond donors (Lipinski definition) is 1. The van der Waals surface area contributed by atoms with Gasteiger partial charge in [0.2, 0.25) is 0 Å². The van der Waals surface area contributed by atoms with E-state index in [1.165, 1.54) is 7.11 Å². The summed E-state index contributed by atoms with van der Waals surface area (Å²) in [7, 11) is 1.21. The van der Waals surface area contributed by atoms with Gasteiger partial charge >= 0.3 is 18.1 Å². The van der Waals surface area contributed by atoms with Gasteiger partial charge in [-0.1, -0.05) is 30.3 Å². The number of thiazole rings is 1. The van der Waals surface area contributed by atoms with Gasteiger partial charge < -0.3 is 4.74 Å². The number of rotatable bonds is 4. The Kier molecular flexibility index (Phi) is 4.99. The highest BCUT2D eigenvalue weighted by Crippen LogP contribution is 2.32. The van der Waals surface area contributed by atoms with Crippen LogP contribution in [0.5, 0.6) is 0 Å². The third kappa shape index (κ3) is 4.28. The monoisotopic (exact) mass is 344 g/mol. The Morgan fingerprint density at radius 2 is 1.91 bits per heavy atom. The molecule has 0 atom stereocenters. The molecular weight excluding hydrogens is 333 g/mol. The summed E-state index contributed by atoms with van der Waals surface area (Å²) in [4.78, 5) is 26.9. The van der Waals surface area contributed by atoms with Gasteiger partial charge in [-0.3, -0.25) is 14.9 Å². The second kappa shape index (κ2) is 6.78. The minimum Gasteiger partial charge on any atom is -0.469 e. The number of halogens is 3. The van der Waals surface area contributed by atoms with Crippen LogP contribution in [0.4, 0.5) is 18.3 Å². The molecule has 5 nitrogen and oxygen atoms in total. The Hall–Kier alpha value is -2.42. The first-order valence-corrected chi connectivity index (χ1v) is 7.13. The number of nitrogens with one attached hydrogen (secondary N) is 1. The molecule has 9 heteroatoms. The lowest BCUT2D eigenvalue weighted by molar-refractivity contribution is -0.167. The van der Waals surface area contributed by atoms with Crippen molar-refractivity contribution in [2.75, 3.05) is 12.4 Å². The van der Waals surface area contributed by atoms with Gasteiger partial charge in [0.15, 0.2) is 5.13 Å². The Morgan fingerprint density at radius 3 is 2.48 bits per heavy atom. The van der Waals surface area contributed by atoms with E-state index < -0.39 is 18.1 Å². The van der Waals surface area contributed by atoms with Gasteiger partial charge in [-0.05, 0) is 0 Å². The second-order valence-electron chi connectivity index (χ2n) is 4.36. The number of benzene rings is 1. The zero-order chi connectivity index (χ0) is 17.0. The molecule has 0 radical (unpaired) electrons. The summed E-state index contributed by atoms with van der Waals surface area (Å²) in [5, 5.41) is 1.46. The van der Waals surface area contributed by atoms with Crippen molar-refractivity contribution in [2.45, 2.75) is 12.6 Å². The summed E-state index contributed by atoms with van der Waals surface area (Å²) in [6.07, 6.45) is -5.17. The van der Waals surface area contributed by atoms with Crippen LogP contribution in [0.25, 0.3) is 11.3 Å². The fraction of sp³-hybridized carbons (Fsp3) is 0.214. The number of nitrogens with zero attached hydrogens (tertiary/aromatic N) is 1. The third-order valence-electron chi connectivity index (χ3n) is 2.76. The predicted molar refractivity (Wildman–Crippen MR) is 78.0 cm³/mol. The summed E-state index contributed by atoms with van der Waals surface area (Å²) >= 11 is 0.799. The number of hydrogen-bond acceptors (Lipinski definition) is 5. The summed E-state index contributed by atoms with van der Waals surface area (Å²) in [6.45, 7) is 0. The number of esters is 1. The van der Waals surface area contributed by atoms with Crippen molar-refractivity contribution in [2.24, 2.45) is 0 Å². The van der Waals surface area contributed by atoms with E-state index in [9.17, 15) is 22.8 Å². The molecular formula is C14H11F3N2O3S. The summed E-state index contributed by atoms with van der Waals surface area (Å²) < 4.78 is 41.5. The van der Waals surface area contributed by atoms with E-state index in [0.29, 0.717) is 16.1 Å². The van der Waals surface area contributed by atoms with Gasteiger partial charge in [0.25, 0.3) is 0 Å². The highest BCUT2D eigenvalue weighted by Gasteiger charge is 2.39. The van der Waals surface area contributed by atoms with Gasteiger partial charge in [0.1, 0.15) is 0 Å². The molecule has 1 amide bonds. The molecule has 1 aromatic heterocycles. The quantitative estimate of drug-likeness (QED) is 0.866. The average molecular weight is 344 g/mol. The van der Waals surface area contributed by atoms with Crippen molar-refractivity contribution in [1.82, 2.24) is 4.98 Å². The molecule has 0 spiro atoms. The molecule has 0 fully saturated rings. The van der Waals surface area contributed by atoms with Gasteiger partial charge in [-0.25, -0.2) is 4.98 Å². The van der Waals surface area contributed by atoms with Gasteiger partial charge in [-0.15, -0.1) is 11.3 Å². The van der Waals surface area contributed by atoms with Crippen molar-refractivity contribution < 1.29 is 27.5 Å². The van der Waals surface area contributed by atoms with Crippen LogP contribution in [0.1, 0.15) is 4.88 Å². The molecule has 122 valence electrons. The molecule has 0 saturated heterocycles. The Morgan fingerprint density at radius 1 is 1.26 bits per heavy atom. The molecule has 0 unspecified atom stereocenters. The minimum atomic E-state index is -5.01. The Balaban J connectivity index is 2.36. The van der Waals surface area contributed by atoms with Crippen molar-refractivity contribution in [3.05, 3.63) is 35.2 Å². The Labute approximate surface area is 133 Å². The molecule has 0 bridgehead atoms. The predicted octanol–water partition coefficient (Wildman–Crippen LogP) is 3.03. The maximum absolute atomic E-state index is 12.3. The first-order chi connectivity index (χ1) is 10.8. The lowest BCUT2D eigenvalue weighted by atomic mass is 10.1. The molecule has 2 aromatic rings. The molecule has 1 aromatic carbocycles. The number of anilines is 1. The molecule has 0 aliphatic carbocycles. The highest BCUT2D eigenvalue weighted by atomic mass is 32.1. The van der Waals surface area contributed by atoms with E-state index in [4.69, 9.17) is 0 Å². The van der Waals surface area contributed by atoms with E-state index in [-0.39, 0.29) is 11.6 Å². The van der Waals surface area contributed by atoms with Crippen LogP contribution < -0.4 is 5.32 Å². The lowest BCUT2D eigenvalue weighted by Crippen LogP contribution is -2.29. The average Bonchev–Trinajstić information content (AvgIpc) is 2.89. The SMILES string of the molecule is COC(=O)Cc1sc(NC(=O)C(F)(F)F)nc1-c1ccccc1. The fourth-order valence-electron chi connectivity index (χ4n) is 1.72. The molecule has 23 heavy (non-hydrogen) atoms. The molecule has 1 heterocycles. The van der Waals surface area contributed by atoms with E-state index in [0.717, 1.165) is 11.3 Å². The number of carbonyl (C=O) groups excluding carboxylic acids is 2. The maximum Gasteiger partial charge on any atom is 0.471 e. The fourth-order valence-corrected chi connectivity index (χ4v) is 2.68. The van der Waals surface area contributed by atoms with Gasteiger partial charge in [0, 0.05) is 10.4 Å². The largest absolute Gasteiger partial charge is 0.471 e. The van der Waals surface area contributed by atoms with Crippen LogP contribution in [0.2, 0.25) is 0 Å². The van der Waals surface area contributed by atoms with E-state index >= 15 is 0 Å². The van der Waals surface area contributed by atoms with Crippen molar-refractivity contribution in [1.29, 1.82) is 0 Å². The van der Waals surface area contributed by atoms with Crippen LogP contribution in [0.3, 0.4) is 0 Å². The van der Waals surface area contributed by atoms with E-state index in [1.807, 2.05) is 0 Å². The summed E-state index contributed by atoms with van der Waals surface area (Å²) in [6, 6.07) is 8.62. The second-order valence-corrected chi connectivity index (χ2v) is 5.45. The number of alkyl halides is 3. The normalized spacial score (nSPS) is 11.1. The van der Waals surface area contributed by atoms with Crippen LogP contribution in [0.15, 0.2) is 30.3 Å². The molecule has 0 aliphatic heterocycles. The van der Waals surface area contributed by atoms with Crippen molar-refractivity contribution in [3.63, 3.8) is 0 Å². The van der Waals surface area contributed by atoms with Crippen LogP contribution in [-0.4, -0.2) is 30.1 Å². The zero-order valence-electron chi connectivity index (χ0n) is 11.8. The van der Waals surface area contributed by atoms with Crippen LogP contribution in [-0.2, 0) is 20.7 Å². The maximum atomic E-state index is 12.3. The minimum absolute atomic E-state index is 0.152. The molecule has 1 N–H and O–H groups in total. The van der Waals surface area contributed by atoms with E-state index in [1.54, 1.807) is 35.6 Å². The smallest absolute Gasteiger partial charge is 0.469 e.